The van der Waals surface area contributed by atoms with Gasteiger partial charge in [0.05, 0.1) is 17.0 Å². The van der Waals surface area contributed by atoms with Crippen molar-refractivity contribution in [3.63, 3.8) is 0 Å². The number of hydrogen-bond donors (Lipinski definition) is 2. The number of para-hydroxylation sites is 2. The summed E-state index contributed by atoms with van der Waals surface area (Å²) in [5, 5.41) is 2.74. The molecule has 1 aromatic carbocycles. The molecule has 2 aliphatic heterocycles. The van der Waals surface area contributed by atoms with E-state index in [9.17, 15) is 9.59 Å². The van der Waals surface area contributed by atoms with Crippen LogP contribution in [-0.4, -0.2) is 46.3 Å². The summed E-state index contributed by atoms with van der Waals surface area (Å²) in [5.41, 5.74) is 2.06. The Hall–Kier alpha value is -2.37. The van der Waals surface area contributed by atoms with Crippen molar-refractivity contribution in [3.8, 4) is 0 Å². The minimum Gasteiger partial charge on any atom is -0.355 e. The molecule has 2 amide bonds. The van der Waals surface area contributed by atoms with E-state index >= 15 is 0 Å². The van der Waals surface area contributed by atoms with Crippen LogP contribution >= 0.6 is 0 Å². The maximum atomic E-state index is 12.4. The molecule has 0 bridgehead atoms. The Morgan fingerprint density at radius 1 is 1.22 bits per heavy atom. The van der Waals surface area contributed by atoms with Gasteiger partial charge in [0.15, 0.2) is 0 Å². The van der Waals surface area contributed by atoms with Crippen LogP contribution in [0.5, 0.6) is 0 Å². The number of benzene rings is 1. The molecule has 0 aliphatic carbocycles. The van der Waals surface area contributed by atoms with E-state index < -0.39 is 0 Å². The lowest BCUT2D eigenvalue weighted by atomic mass is 9.95. The highest BCUT2D eigenvalue weighted by molar-refractivity contribution is 5.89. The Bertz CT molecular complexity index is 713. The molecule has 2 aliphatic rings. The first-order valence-electron chi connectivity index (χ1n) is 8.21. The van der Waals surface area contributed by atoms with E-state index in [1.165, 1.54) is 0 Å². The largest absolute Gasteiger partial charge is 0.355 e. The molecule has 23 heavy (non-hydrogen) atoms. The molecule has 0 saturated carbocycles. The Morgan fingerprint density at radius 3 is 2.70 bits per heavy atom. The number of hydrogen-bond acceptors (Lipinski definition) is 3. The van der Waals surface area contributed by atoms with Gasteiger partial charge in [-0.2, -0.15) is 0 Å². The fourth-order valence-corrected chi connectivity index (χ4v) is 3.58. The Labute approximate surface area is 134 Å². The van der Waals surface area contributed by atoms with Crippen molar-refractivity contribution in [2.45, 2.75) is 25.2 Å². The number of piperidine rings is 1. The molecule has 120 valence electrons. The van der Waals surface area contributed by atoms with E-state index in [4.69, 9.17) is 0 Å². The minimum atomic E-state index is -0.176. The van der Waals surface area contributed by atoms with Gasteiger partial charge in [0, 0.05) is 32.0 Å². The van der Waals surface area contributed by atoms with Crippen LogP contribution in [0.25, 0.3) is 11.0 Å². The number of likely N-dealkylation sites (tertiary alicyclic amines) is 1. The number of aromatic nitrogens is 2. The van der Waals surface area contributed by atoms with Crippen LogP contribution in [0.15, 0.2) is 24.3 Å². The van der Waals surface area contributed by atoms with Crippen LogP contribution in [-0.2, 0) is 9.59 Å². The number of nitrogens with one attached hydrogen (secondary N) is 2. The Balaban J connectivity index is 1.40. The van der Waals surface area contributed by atoms with Crippen LogP contribution in [0.1, 0.15) is 31.0 Å². The van der Waals surface area contributed by atoms with Crippen LogP contribution in [0.2, 0.25) is 0 Å². The second kappa shape index (κ2) is 5.68. The summed E-state index contributed by atoms with van der Waals surface area (Å²) in [6.45, 7) is 1.97. The second-order valence-electron chi connectivity index (χ2n) is 6.44. The molecule has 1 atom stereocenters. The fourth-order valence-electron chi connectivity index (χ4n) is 3.58. The van der Waals surface area contributed by atoms with Crippen molar-refractivity contribution in [1.82, 2.24) is 20.2 Å². The highest BCUT2D eigenvalue weighted by atomic mass is 16.2. The normalized spacial score (nSPS) is 22.5. The second-order valence-corrected chi connectivity index (χ2v) is 6.44. The van der Waals surface area contributed by atoms with Crippen molar-refractivity contribution < 1.29 is 9.59 Å². The summed E-state index contributed by atoms with van der Waals surface area (Å²) < 4.78 is 0. The van der Waals surface area contributed by atoms with E-state index in [1.54, 1.807) is 0 Å². The zero-order chi connectivity index (χ0) is 15.8. The molecular formula is C17H20N4O2. The molecule has 3 heterocycles. The first-order valence-corrected chi connectivity index (χ1v) is 8.21. The quantitative estimate of drug-likeness (QED) is 0.880. The SMILES string of the molecule is O=C1CC(C(=O)N2CCC(c3nc4ccccc4[nH]3)CC2)CN1. The molecule has 1 unspecified atom stereocenters. The highest BCUT2D eigenvalue weighted by Crippen LogP contribution is 2.28. The standard InChI is InChI=1S/C17H20N4O2/c22-15-9-12(10-18-15)17(23)21-7-5-11(6-8-21)16-19-13-3-1-2-4-14(13)20-16/h1-4,11-12H,5-10H2,(H,18,22)(H,19,20). The van der Waals surface area contributed by atoms with E-state index in [-0.39, 0.29) is 17.7 Å². The molecule has 2 N–H and O–H groups in total. The number of carbonyl (C=O) groups is 2. The van der Waals surface area contributed by atoms with Gasteiger partial charge in [-0.1, -0.05) is 12.1 Å². The zero-order valence-corrected chi connectivity index (χ0v) is 12.9. The van der Waals surface area contributed by atoms with Crippen molar-refractivity contribution in [1.29, 1.82) is 0 Å². The lowest BCUT2D eigenvalue weighted by Crippen LogP contribution is -2.42. The third kappa shape index (κ3) is 2.69. The Morgan fingerprint density at radius 2 is 2.00 bits per heavy atom. The molecular weight excluding hydrogens is 292 g/mol. The predicted molar refractivity (Wildman–Crippen MR) is 85.8 cm³/mol. The van der Waals surface area contributed by atoms with Gasteiger partial charge in [0.2, 0.25) is 11.8 Å². The van der Waals surface area contributed by atoms with Gasteiger partial charge in [-0.25, -0.2) is 4.98 Å². The first-order chi connectivity index (χ1) is 11.2. The fraction of sp³-hybridized carbons (Fsp3) is 0.471. The summed E-state index contributed by atoms with van der Waals surface area (Å²) in [6, 6.07) is 8.04. The molecule has 0 spiro atoms. The lowest BCUT2D eigenvalue weighted by molar-refractivity contribution is -0.136. The van der Waals surface area contributed by atoms with E-state index in [0.717, 1.165) is 42.8 Å². The summed E-state index contributed by atoms with van der Waals surface area (Å²) >= 11 is 0. The van der Waals surface area contributed by atoms with Crippen molar-refractivity contribution in [3.05, 3.63) is 30.1 Å². The predicted octanol–water partition coefficient (Wildman–Crippen LogP) is 1.40. The van der Waals surface area contributed by atoms with Crippen molar-refractivity contribution >= 4 is 22.8 Å². The van der Waals surface area contributed by atoms with Gasteiger partial charge in [0.25, 0.3) is 0 Å². The molecule has 6 nitrogen and oxygen atoms in total. The number of rotatable bonds is 2. The maximum absolute atomic E-state index is 12.4. The lowest BCUT2D eigenvalue weighted by Gasteiger charge is -2.32. The van der Waals surface area contributed by atoms with Gasteiger partial charge in [-0.05, 0) is 25.0 Å². The van der Waals surface area contributed by atoms with E-state index in [0.29, 0.717) is 18.9 Å². The first kappa shape index (κ1) is 14.2. The number of carbonyl (C=O) groups excluding carboxylic acids is 2. The van der Waals surface area contributed by atoms with Gasteiger partial charge < -0.3 is 15.2 Å². The molecule has 1 aromatic heterocycles. The zero-order valence-electron chi connectivity index (χ0n) is 12.9. The molecule has 2 saturated heterocycles. The number of fused-ring (bicyclic) bond motifs is 1. The monoisotopic (exact) mass is 312 g/mol. The van der Waals surface area contributed by atoms with Gasteiger partial charge in [-0.3, -0.25) is 9.59 Å². The van der Waals surface area contributed by atoms with Gasteiger partial charge >= 0.3 is 0 Å². The third-order valence-electron chi connectivity index (χ3n) is 4.93. The average Bonchev–Trinajstić information content (AvgIpc) is 3.20. The smallest absolute Gasteiger partial charge is 0.227 e. The van der Waals surface area contributed by atoms with Crippen LogP contribution in [0.3, 0.4) is 0 Å². The molecule has 4 rings (SSSR count). The highest BCUT2D eigenvalue weighted by Gasteiger charge is 2.33. The van der Waals surface area contributed by atoms with Crippen LogP contribution in [0, 0.1) is 5.92 Å². The topological polar surface area (TPSA) is 78.1 Å². The van der Waals surface area contributed by atoms with Gasteiger partial charge in [-0.15, -0.1) is 0 Å². The Kier molecular flexibility index (Phi) is 3.52. The van der Waals surface area contributed by atoms with Crippen LogP contribution < -0.4 is 5.32 Å². The maximum Gasteiger partial charge on any atom is 0.227 e. The van der Waals surface area contributed by atoms with E-state index in [1.807, 2.05) is 29.2 Å². The summed E-state index contributed by atoms with van der Waals surface area (Å²) in [5.74, 6) is 1.32. The molecule has 2 fully saturated rings. The summed E-state index contributed by atoms with van der Waals surface area (Å²) in [6.07, 6.45) is 2.17. The minimum absolute atomic E-state index is 0.0134. The van der Waals surface area contributed by atoms with E-state index in [2.05, 4.69) is 15.3 Å². The number of nitrogens with zero attached hydrogens (tertiary/aromatic N) is 2. The third-order valence-corrected chi connectivity index (χ3v) is 4.93. The van der Waals surface area contributed by atoms with Gasteiger partial charge in [0.1, 0.15) is 5.82 Å². The van der Waals surface area contributed by atoms with Crippen molar-refractivity contribution in [2.24, 2.45) is 5.92 Å². The number of H-pyrrole nitrogens is 1. The van der Waals surface area contributed by atoms with Crippen LogP contribution in [0.4, 0.5) is 0 Å². The molecule has 0 radical (unpaired) electrons. The average molecular weight is 312 g/mol. The molecule has 2 aromatic rings. The number of imidazole rings is 1. The molecule has 6 heteroatoms. The van der Waals surface area contributed by atoms with Crippen molar-refractivity contribution in [2.75, 3.05) is 19.6 Å². The summed E-state index contributed by atoms with van der Waals surface area (Å²) in [4.78, 5) is 33.7. The number of amides is 2. The summed E-state index contributed by atoms with van der Waals surface area (Å²) in [7, 11) is 0. The number of aromatic amines is 1.